The lowest BCUT2D eigenvalue weighted by Crippen LogP contribution is -2.19. The van der Waals surface area contributed by atoms with Crippen LogP contribution in [0.25, 0.3) is 0 Å². The Morgan fingerprint density at radius 2 is 1.73 bits per heavy atom. The first-order chi connectivity index (χ1) is 10.3. The Balaban J connectivity index is 2.01. The molecule has 5 heteroatoms. The van der Waals surface area contributed by atoms with E-state index in [2.05, 4.69) is 10.6 Å². The number of carbonyl (C=O) groups excluding carboxylic acids is 2. The van der Waals surface area contributed by atoms with Crippen LogP contribution in [0.3, 0.4) is 0 Å². The molecule has 0 bridgehead atoms. The van der Waals surface area contributed by atoms with Crippen molar-refractivity contribution in [1.29, 1.82) is 0 Å². The third-order valence-electron chi connectivity index (χ3n) is 2.84. The van der Waals surface area contributed by atoms with Gasteiger partial charge in [-0.2, -0.15) is 0 Å². The summed E-state index contributed by atoms with van der Waals surface area (Å²) in [6, 6.07) is 10.8. The van der Waals surface area contributed by atoms with Crippen LogP contribution in [0.2, 0.25) is 0 Å². The lowest BCUT2D eigenvalue weighted by atomic mass is 9.92. The van der Waals surface area contributed by atoms with E-state index in [0.29, 0.717) is 22.7 Å². The fourth-order valence-electron chi connectivity index (χ4n) is 1.96. The summed E-state index contributed by atoms with van der Waals surface area (Å²) in [5.74, 6) is -0.178. The SMILES string of the molecule is CC(C)(C)CC(=O)Nc1cccc(NC(=O)c2cccs2)c1. The van der Waals surface area contributed by atoms with Crippen molar-refractivity contribution in [2.75, 3.05) is 10.6 Å². The molecular weight excluding hydrogens is 296 g/mol. The van der Waals surface area contributed by atoms with E-state index in [4.69, 9.17) is 0 Å². The van der Waals surface area contributed by atoms with Gasteiger partial charge in [-0.25, -0.2) is 0 Å². The molecule has 2 amide bonds. The average molecular weight is 316 g/mol. The van der Waals surface area contributed by atoms with E-state index in [0.717, 1.165) is 0 Å². The fourth-order valence-corrected chi connectivity index (χ4v) is 2.58. The number of benzene rings is 1. The van der Waals surface area contributed by atoms with Crippen LogP contribution in [0.5, 0.6) is 0 Å². The summed E-state index contributed by atoms with van der Waals surface area (Å²) in [7, 11) is 0. The summed E-state index contributed by atoms with van der Waals surface area (Å²) in [5.41, 5.74) is 1.28. The molecule has 2 aromatic rings. The molecule has 2 N–H and O–H groups in total. The van der Waals surface area contributed by atoms with E-state index in [1.54, 1.807) is 30.3 Å². The number of carbonyl (C=O) groups is 2. The highest BCUT2D eigenvalue weighted by Crippen LogP contribution is 2.21. The van der Waals surface area contributed by atoms with E-state index in [1.807, 2.05) is 32.2 Å². The molecule has 2 rings (SSSR count). The van der Waals surface area contributed by atoms with Gasteiger partial charge in [0.15, 0.2) is 0 Å². The molecule has 0 aliphatic rings. The molecule has 1 heterocycles. The Kier molecular flexibility index (Phi) is 4.98. The number of anilines is 2. The van der Waals surface area contributed by atoms with E-state index < -0.39 is 0 Å². The summed E-state index contributed by atoms with van der Waals surface area (Å²) in [6.45, 7) is 6.05. The number of amides is 2. The van der Waals surface area contributed by atoms with Gasteiger partial charge >= 0.3 is 0 Å². The average Bonchev–Trinajstić information content (AvgIpc) is 2.90. The molecule has 1 aromatic carbocycles. The van der Waals surface area contributed by atoms with Crippen molar-refractivity contribution < 1.29 is 9.59 Å². The minimum atomic E-state index is -0.145. The zero-order chi connectivity index (χ0) is 16.2. The maximum Gasteiger partial charge on any atom is 0.265 e. The molecule has 22 heavy (non-hydrogen) atoms. The maximum absolute atomic E-state index is 12.0. The Bertz CT molecular complexity index is 658. The molecule has 0 spiro atoms. The van der Waals surface area contributed by atoms with Crippen LogP contribution < -0.4 is 10.6 Å². The van der Waals surface area contributed by atoms with Crippen LogP contribution in [0.4, 0.5) is 11.4 Å². The van der Waals surface area contributed by atoms with Crippen LogP contribution in [0.1, 0.15) is 36.9 Å². The van der Waals surface area contributed by atoms with Gasteiger partial charge in [0, 0.05) is 17.8 Å². The van der Waals surface area contributed by atoms with Crippen molar-refractivity contribution in [3.63, 3.8) is 0 Å². The van der Waals surface area contributed by atoms with E-state index in [9.17, 15) is 9.59 Å². The second-order valence-corrected chi connectivity index (χ2v) is 7.25. The van der Waals surface area contributed by atoms with Gasteiger partial charge in [-0.15, -0.1) is 11.3 Å². The molecule has 0 fully saturated rings. The molecule has 0 unspecified atom stereocenters. The van der Waals surface area contributed by atoms with E-state index >= 15 is 0 Å². The standard InChI is InChI=1S/C17H20N2O2S/c1-17(2,3)11-15(20)18-12-6-4-7-13(10-12)19-16(21)14-8-5-9-22-14/h4-10H,11H2,1-3H3,(H,18,20)(H,19,21). The molecule has 0 radical (unpaired) electrons. The number of nitrogens with one attached hydrogen (secondary N) is 2. The lowest BCUT2D eigenvalue weighted by Gasteiger charge is -2.17. The van der Waals surface area contributed by atoms with Gasteiger partial charge in [0.2, 0.25) is 5.91 Å². The third-order valence-corrected chi connectivity index (χ3v) is 3.71. The number of rotatable bonds is 4. The molecule has 116 valence electrons. The second-order valence-electron chi connectivity index (χ2n) is 6.30. The van der Waals surface area contributed by atoms with Crippen LogP contribution in [-0.4, -0.2) is 11.8 Å². The van der Waals surface area contributed by atoms with Crippen molar-refractivity contribution in [1.82, 2.24) is 0 Å². The summed E-state index contributed by atoms with van der Waals surface area (Å²) in [4.78, 5) is 24.6. The molecule has 1 aromatic heterocycles. The highest BCUT2D eigenvalue weighted by Gasteiger charge is 2.16. The van der Waals surface area contributed by atoms with Crippen LogP contribution in [-0.2, 0) is 4.79 Å². The Morgan fingerprint density at radius 3 is 2.32 bits per heavy atom. The quantitative estimate of drug-likeness (QED) is 0.879. The summed E-state index contributed by atoms with van der Waals surface area (Å²) < 4.78 is 0. The third kappa shape index (κ3) is 5.00. The summed E-state index contributed by atoms with van der Waals surface area (Å²) >= 11 is 1.39. The Labute approximate surface area is 134 Å². The van der Waals surface area contributed by atoms with Crippen molar-refractivity contribution in [3.8, 4) is 0 Å². The molecule has 0 saturated heterocycles. The van der Waals surface area contributed by atoms with Gasteiger partial charge in [-0.1, -0.05) is 32.9 Å². The van der Waals surface area contributed by atoms with Gasteiger partial charge in [0.25, 0.3) is 5.91 Å². The smallest absolute Gasteiger partial charge is 0.265 e. The predicted molar refractivity (Wildman–Crippen MR) is 91.4 cm³/mol. The van der Waals surface area contributed by atoms with Crippen LogP contribution in [0.15, 0.2) is 41.8 Å². The van der Waals surface area contributed by atoms with Crippen LogP contribution in [0, 0.1) is 5.41 Å². The number of thiophene rings is 1. The minimum absolute atomic E-state index is 0.0331. The van der Waals surface area contributed by atoms with E-state index in [-0.39, 0.29) is 17.2 Å². The first-order valence-corrected chi connectivity index (χ1v) is 7.96. The number of hydrogen-bond acceptors (Lipinski definition) is 3. The van der Waals surface area contributed by atoms with Gasteiger partial charge < -0.3 is 10.6 Å². The summed E-state index contributed by atoms with van der Waals surface area (Å²) in [5, 5.41) is 7.54. The van der Waals surface area contributed by atoms with Crippen molar-refractivity contribution in [2.45, 2.75) is 27.2 Å². The van der Waals surface area contributed by atoms with Gasteiger partial charge in [0.1, 0.15) is 0 Å². The second kappa shape index (κ2) is 6.75. The highest BCUT2D eigenvalue weighted by atomic mass is 32.1. The molecule has 4 nitrogen and oxygen atoms in total. The van der Waals surface area contributed by atoms with E-state index in [1.165, 1.54) is 11.3 Å². The first kappa shape index (κ1) is 16.2. The maximum atomic E-state index is 12.0. The Morgan fingerprint density at radius 1 is 1.05 bits per heavy atom. The van der Waals surface area contributed by atoms with Gasteiger partial charge in [0.05, 0.1) is 4.88 Å². The summed E-state index contributed by atoms with van der Waals surface area (Å²) in [6.07, 6.45) is 0.443. The molecular formula is C17H20N2O2S. The van der Waals surface area contributed by atoms with Crippen molar-refractivity contribution in [2.24, 2.45) is 5.41 Å². The largest absolute Gasteiger partial charge is 0.326 e. The fraction of sp³-hybridized carbons (Fsp3) is 0.294. The molecule has 0 aliphatic carbocycles. The first-order valence-electron chi connectivity index (χ1n) is 7.08. The zero-order valence-corrected chi connectivity index (χ0v) is 13.8. The predicted octanol–water partition coefficient (Wildman–Crippen LogP) is 4.38. The molecule has 0 atom stereocenters. The molecule has 0 saturated carbocycles. The normalized spacial score (nSPS) is 11.0. The van der Waals surface area contributed by atoms with Crippen LogP contribution >= 0.6 is 11.3 Å². The zero-order valence-electron chi connectivity index (χ0n) is 13.0. The van der Waals surface area contributed by atoms with Gasteiger partial charge in [-0.3, -0.25) is 9.59 Å². The molecule has 0 aliphatic heterocycles. The van der Waals surface area contributed by atoms with Gasteiger partial charge in [-0.05, 0) is 35.1 Å². The lowest BCUT2D eigenvalue weighted by molar-refractivity contribution is -0.117. The van der Waals surface area contributed by atoms with Crippen molar-refractivity contribution in [3.05, 3.63) is 46.7 Å². The number of hydrogen-bond donors (Lipinski definition) is 2. The topological polar surface area (TPSA) is 58.2 Å². The highest BCUT2D eigenvalue weighted by molar-refractivity contribution is 7.12. The Hall–Kier alpha value is -2.14. The minimum Gasteiger partial charge on any atom is -0.326 e. The monoisotopic (exact) mass is 316 g/mol. The van der Waals surface area contributed by atoms with Crippen molar-refractivity contribution >= 4 is 34.5 Å².